The Hall–Kier alpha value is -1.39. The summed E-state index contributed by atoms with van der Waals surface area (Å²) < 4.78 is 5.73. The van der Waals surface area contributed by atoms with Crippen LogP contribution in [0.5, 0.6) is 0 Å². The number of benzene rings is 1. The van der Waals surface area contributed by atoms with E-state index in [9.17, 15) is 4.79 Å². The summed E-state index contributed by atoms with van der Waals surface area (Å²) in [5, 5.41) is 2.92. The number of para-hydroxylation sites is 1. The molecule has 2 atom stereocenters. The van der Waals surface area contributed by atoms with Crippen molar-refractivity contribution in [3.63, 3.8) is 0 Å². The number of carbonyl (C=O) groups is 1. The smallest absolute Gasteiger partial charge is 0.253 e. The molecule has 2 unspecified atom stereocenters. The second-order valence-electron chi connectivity index (χ2n) is 5.49. The first kappa shape index (κ1) is 14.0. The van der Waals surface area contributed by atoms with Crippen molar-refractivity contribution in [1.82, 2.24) is 0 Å². The molecule has 0 radical (unpaired) electrons. The van der Waals surface area contributed by atoms with Crippen LogP contribution in [0.15, 0.2) is 24.3 Å². The molecule has 19 heavy (non-hydrogen) atoms. The average molecular weight is 262 g/mol. The van der Waals surface area contributed by atoms with E-state index in [0.29, 0.717) is 13.0 Å². The van der Waals surface area contributed by atoms with Gasteiger partial charge in [0.25, 0.3) is 5.91 Å². The van der Waals surface area contributed by atoms with Gasteiger partial charge in [-0.3, -0.25) is 4.79 Å². The van der Waals surface area contributed by atoms with Crippen LogP contribution >= 0.6 is 0 Å². The van der Waals surface area contributed by atoms with Crippen LogP contribution in [0.25, 0.3) is 0 Å². The van der Waals surface area contributed by atoms with Crippen molar-refractivity contribution in [3.8, 4) is 0 Å². The zero-order valence-corrected chi connectivity index (χ0v) is 11.6. The lowest BCUT2D eigenvalue weighted by atomic mass is 10.0. The van der Waals surface area contributed by atoms with Gasteiger partial charge < -0.3 is 15.8 Å². The van der Waals surface area contributed by atoms with Gasteiger partial charge in [0.05, 0.1) is 6.61 Å². The molecule has 0 bridgehead atoms. The second-order valence-corrected chi connectivity index (χ2v) is 5.49. The fraction of sp³-hybridized carbons (Fsp3) is 0.533. The zero-order valence-electron chi connectivity index (χ0n) is 11.6. The number of nitrogens with two attached hydrogens (primary N) is 1. The molecule has 0 saturated heterocycles. The number of amides is 1. The molecule has 1 aromatic carbocycles. The van der Waals surface area contributed by atoms with Gasteiger partial charge >= 0.3 is 0 Å². The molecule has 1 aliphatic rings. The highest BCUT2D eigenvalue weighted by molar-refractivity contribution is 5.95. The molecule has 0 fully saturated rings. The van der Waals surface area contributed by atoms with Gasteiger partial charge in [0.15, 0.2) is 0 Å². The third kappa shape index (κ3) is 3.55. The lowest BCUT2D eigenvalue weighted by Gasteiger charge is -2.25. The molecular formula is C15H22N2O2. The van der Waals surface area contributed by atoms with E-state index in [1.54, 1.807) is 0 Å². The molecule has 2 rings (SSSR count). The van der Waals surface area contributed by atoms with E-state index in [0.717, 1.165) is 24.1 Å². The molecule has 0 saturated carbocycles. The number of rotatable bonds is 4. The minimum atomic E-state index is -0.415. The normalized spacial score (nSPS) is 22.1. The predicted molar refractivity (Wildman–Crippen MR) is 76.0 cm³/mol. The number of anilines is 1. The lowest BCUT2D eigenvalue weighted by molar-refractivity contribution is -0.128. The Balaban J connectivity index is 2.01. The Morgan fingerprint density at radius 2 is 2.21 bits per heavy atom. The van der Waals surface area contributed by atoms with Crippen LogP contribution in [-0.2, 0) is 16.0 Å². The number of hydrogen-bond acceptors (Lipinski definition) is 3. The summed E-state index contributed by atoms with van der Waals surface area (Å²) in [6, 6.07) is 7.88. The first-order valence-corrected chi connectivity index (χ1v) is 6.81. The van der Waals surface area contributed by atoms with Gasteiger partial charge in [-0.2, -0.15) is 0 Å². The van der Waals surface area contributed by atoms with E-state index in [1.807, 2.05) is 38.1 Å². The van der Waals surface area contributed by atoms with Gasteiger partial charge in [0.1, 0.15) is 6.10 Å². The van der Waals surface area contributed by atoms with Gasteiger partial charge in [0.2, 0.25) is 0 Å². The summed E-state index contributed by atoms with van der Waals surface area (Å²) in [6.45, 7) is 4.36. The predicted octanol–water partition coefficient (Wildman–Crippen LogP) is 2.08. The summed E-state index contributed by atoms with van der Waals surface area (Å²) >= 11 is 0. The number of nitrogens with one attached hydrogen (secondary N) is 1. The van der Waals surface area contributed by atoms with Crippen molar-refractivity contribution in [2.75, 3.05) is 11.9 Å². The summed E-state index contributed by atoms with van der Waals surface area (Å²) in [4.78, 5) is 12.1. The molecule has 0 aromatic heterocycles. The van der Waals surface area contributed by atoms with E-state index in [4.69, 9.17) is 10.5 Å². The summed E-state index contributed by atoms with van der Waals surface area (Å²) in [5.41, 5.74) is 7.72. The zero-order chi connectivity index (χ0) is 13.9. The lowest BCUT2D eigenvalue weighted by Crippen LogP contribution is -2.43. The van der Waals surface area contributed by atoms with Crippen LogP contribution in [0.3, 0.4) is 0 Å². The van der Waals surface area contributed by atoms with E-state index < -0.39 is 6.10 Å². The topological polar surface area (TPSA) is 64.3 Å². The van der Waals surface area contributed by atoms with Crippen molar-refractivity contribution in [3.05, 3.63) is 29.8 Å². The maximum absolute atomic E-state index is 12.1. The van der Waals surface area contributed by atoms with Crippen molar-refractivity contribution in [2.45, 2.75) is 44.8 Å². The second kappa shape index (κ2) is 5.72. The van der Waals surface area contributed by atoms with E-state index in [2.05, 4.69) is 5.32 Å². The van der Waals surface area contributed by atoms with Gasteiger partial charge in [-0.25, -0.2) is 0 Å². The fourth-order valence-electron chi connectivity index (χ4n) is 2.04. The Kier molecular flexibility index (Phi) is 4.22. The highest BCUT2D eigenvalue weighted by Crippen LogP contribution is 2.23. The quantitative estimate of drug-likeness (QED) is 0.873. The molecule has 104 valence electrons. The van der Waals surface area contributed by atoms with E-state index >= 15 is 0 Å². The molecule has 1 amide bonds. The molecule has 0 aliphatic carbocycles. The molecule has 1 aromatic rings. The summed E-state index contributed by atoms with van der Waals surface area (Å²) in [6.07, 6.45) is 1.94. The standard InChI is InChI=1S/C15H22N2O2/c1-3-15(2,16)10-19-13-9-8-11-6-4-5-7-12(11)17-14(13)18/h4-7,13H,3,8-10,16H2,1-2H3,(H,17,18). The van der Waals surface area contributed by atoms with Crippen molar-refractivity contribution in [1.29, 1.82) is 0 Å². The fourth-order valence-corrected chi connectivity index (χ4v) is 2.04. The Morgan fingerprint density at radius 3 is 2.95 bits per heavy atom. The number of fused-ring (bicyclic) bond motifs is 1. The number of ether oxygens (including phenoxy) is 1. The average Bonchev–Trinajstić information content (AvgIpc) is 2.55. The van der Waals surface area contributed by atoms with Crippen LogP contribution in [0.1, 0.15) is 32.3 Å². The maximum Gasteiger partial charge on any atom is 0.253 e. The number of carbonyl (C=O) groups excluding carboxylic acids is 1. The first-order valence-electron chi connectivity index (χ1n) is 6.81. The molecule has 1 heterocycles. The Labute approximate surface area is 114 Å². The molecule has 1 aliphatic heterocycles. The number of hydrogen-bond donors (Lipinski definition) is 2. The van der Waals surface area contributed by atoms with Gasteiger partial charge in [-0.05, 0) is 37.8 Å². The van der Waals surface area contributed by atoms with E-state index in [-0.39, 0.29) is 11.4 Å². The van der Waals surface area contributed by atoms with Crippen LogP contribution in [0.4, 0.5) is 5.69 Å². The third-order valence-electron chi connectivity index (χ3n) is 3.67. The largest absolute Gasteiger partial charge is 0.366 e. The van der Waals surface area contributed by atoms with Crippen LogP contribution in [0.2, 0.25) is 0 Å². The van der Waals surface area contributed by atoms with Gasteiger partial charge in [-0.15, -0.1) is 0 Å². The summed E-state index contributed by atoms with van der Waals surface area (Å²) in [7, 11) is 0. The van der Waals surface area contributed by atoms with Crippen molar-refractivity contribution >= 4 is 11.6 Å². The molecular weight excluding hydrogens is 240 g/mol. The van der Waals surface area contributed by atoms with Crippen molar-refractivity contribution in [2.24, 2.45) is 5.73 Å². The van der Waals surface area contributed by atoms with Gasteiger partial charge in [-0.1, -0.05) is 25.1 Å². The number of aryl methyl sites for hydroxylation is 1. The van der Waals surface area contributed by atoms with Crippen LogP contribution in [-0.4, -0.2) is 24.2 Å². The summed E-state index contributed by atoms with van der Waals surface area (Å²) in [5.74, 6) is -0.0724. The Bertz CT molecular complexity index is 457. The van der Waals surface area contributed by atoms with Crippen molar-refractivity contribution < 1.29 is 9.53 Å². The molecule has 4 nitrogen and oxygen atoms in total. The third-order valence-corrected chi connectivity index (χ3v) is 3.67. The SMILES string of the molecule is CCC(C)(N)COC1CCc2ccccc2NC1=O. The first-order chi connectivity index (χ1) is 9.02. The molecule has 4 heteroatoms. The van der Waals surface area contributed by atoms with Crippen LogP contribution in [0, 0.1) is 0 Å². The molecule has 3 N–H and O–H groups in total. The monoisotopic (exact) mass is 262 g/mol. The molecule has 0 spiro atoms. The Morgan fingerprint density at radius 1 is 1.47 bits per heavy atom. The highest BCUT2D eigenvalue weighted by atomic mass is 16.5. The highest BCUT2D eigenvalue weighted by Gasteiger charge is 2.26. The minimum absolute atomic E-state index is 0.0724. The minimum Gasteiger partial charge on any atom is -0.366 e. The van der Waals surface area contributed by atoms with Crippen LogP contribution < -0.4 is 11.1 Å². The maximum atomic E-state index is 12.1. The van der Waals surface area contributed by atoms with Gasteiger partial charge in [0, 0.05) is 11.2 Å². The van der Waals surface area contributed by atoms with E-state index in [1.165, 1.54) is 0 Å².